The number of aromatic nitrogens is 4. The standard InChI is InChI=1S/C15H16Cl2N4/c1-3-11-14(9-20(2)19-11)21-13-8-10(17)4-5-12(13)18-15(21)6-7-16/h4-5,8-9H,3,6-7H2,1-2H3. The number of alkyl halides is 1. The van der Waals surface area contributed by atoms with E-state index in [0.29, 0.717) is 17.3 Å². The van der Waals surface area contributed by atoms with Crippen molar-refractivity contribution in [2.24, 2.45) is 7.05 Å². The lowest BCUT2D eigenvalue weighted by atomic mass is 10.2. The van der Waals surface area contributed by atoms with E-state index in [1.165, 1.54) is 0 Å². The number of imidazole rings is 1. The Balaban J connectivity index is 2.32. The third-order valence-corrected chi connectivity index (χ3v) is 3.89. The average molecular weight is 323 g/mol. The number of rotatable bonds is 4. The van der Waals surface area contributed by atoms with Gasteiger partial charge in [0.2, 0.25) is 0 Å². The van der Waals surface area contributed by atoms with Gasteiger partial charge >= 0.3 is 0 Å². The topological polar surface area (TPSA) is 35.6 Å². The van der Waals surface area contributed by atoms with E-state index < -0.39 is 0 Å². The summed E-state index contributed by atoms with van der Waals surface area (Å²) in [5, 5.41) is 5.21. The summed E-state index contributed by atoms with van der Waals surface area (Å²) < 4.78 is 3.95. The van der Waals surface area contributed by atoms with E-state index in [4.69, 9.17) is 23.2 Å². The van der Waals surface area contributed by atoms with Crippen LogP contribution in [0.3, 0.4) is 0 Å². The fourth-order valence-corrected chi connectivity index (χ4v) is 2.92. The minimum Gasteiger partial charge on any atom is -0.293 e. The van der Waals surface area contributed by atoms with E-state index in [1.54, 1.807) is 0 Å². The first-order chi connectivity index (χ1) is 10.1. The quantitative estimate of drug-likeness (QED) is 0.686. The minimum atomic E-state index is 0.527. The molecular weight excluding hydrogens is 307 g/mol. The summed E-state index contributed by atoms with van der Waals surface area (Å²) in [6, 6.07) is 5.73. The van der Waals surface area contributed by atoms with Crippen molar-refractivity contribution < 1.29 is 0 Å². The fraction of sp³-hybridized carbons (Fsp3) is 0.333. The van der Waals surface area contributed by atoms with Crippen molar-refractivity contribution in [3.8, 4) is 5.69 Å². The molecule has 2 aromatic heterocycles. The molecule has 0 radical (unpaired) electrons. The highest BCUT2D eigenvalue weighted by Gasteiger charge is 2.17. The van der Waals surface area contributed by atoms with Gasteiger partial charge in [-0.3, -0.25) is 9.25 Å². The maximum absolute atomic E-state index is 6.16. The van der Waals surface area contributed by atoms with Crippen LogP contribution in [-0.2, 0) is 19.9 Å². The first-order valence-electron chi connectivity index (χ1n) is 6.89. The van der Waals surface area contributed by atoms with Crippen LogP contribution < -0.4 is 0 Å². The molecule has 0 unspecified atom stereocenters. The van der Waals surface area contributed by atoms with E-state index in [-0.39, 0.29) is 0 Å². The molecule has 110 valence electrons. The summed E-state index contributed by atoms with van der Waals surface area (Å²) in [5.74, 6) is 1.46. The van der Waals surface area contributed by atoms with Crippen LogP contribution in [0.1, 0.15) is 18.4 Å². The number of fused-ring (bicyclic) bond motifs is 1. The number of hydrogen-bond acceptors (Lipinski definition) is 2. The second-order valence-electron chi connectivity index (χ2n) is 4.92. The van der Waals surface area contributed by atoms with Crippen molar-refractivity contribution in [3.05, 3.63) is 40.9 Å². The van der Waals surface area contributed by atoms with Gasteiger partial charge in [0.25, 0.3) is 0 Å². The molecule has 1 aromatic carbocycles. The summed E-state index contributed by atoms with van der Waals surface area (Å²) in [7, 11) is 1.93. The predicted molar refractivity (Wildman–Crippen MR) is 86.6 cm³/mol. The SMILES string of the molecule is CCc1nn(C)cc1-n1c(CCCl)nc2ccc(Cl)cc21. The summed E-state index contributed by atoms with van der Waals surface area (Å²) in [5.41, 5.74) is 3.99. The highest BCUT2D eigenvalue weighted by molar-refractivity contribution is 6.31. The van der Waals surface area contributed by atoms with Crippen LogP contribution in [0.2, 0.25) is 5.02 Å². The van der Waals surface area contributed by atoms with Crippen molar-refractivity contribution in [1.29, 1.82) is 0 Å². The molecule has 0 aliphatic heterocycles. The zero-order valence-electron chi connectivity index (χ0n) is 12.0. The molecule has 21 heavy (non-hydrogen) atoms. The van der Waals surface area contributed by atoms with Crippen molar-refractivity contribution in [3.63, 3.8) is 0 Å². The number of halogens is 2. The van der Waals surface area contributed by atoms with Crippen LogP contribution in [-0.4, -0.2) is 25.2 Å². The molecule has 0 aliphatic rings. The lowest BCUT2D eigenvalue weighted by Gasteiger charge is -2.08. The highest BCUT2D eigenvalue weighted by atomic mass is 35.5. The normalized spacial score (nSPS) is 11.4. The van der Waals surface area contributed by atoms with Gasteiger partial charge in [0.15, 0.2) is 0 Å². The van der Waals surface area contributed by atoms with Gasteiger partial charge in [0.05, 0.1) is 22.4 Å². The summed E-state index contributed by atoms with van der Waals surface area (Å²) in [6.45, 7) is 2.10. The second kappa shape index (κ2) is 5.70. The first kappa shape index (κ1) is 14.4. The smallest absolute Gasteiger partial charge is 0.115 e. The molecule has 0 saturated heterocycles. The Hall–Kier alpha value is -1.52. The number of aryl methyl sites for hydroxylation is 3. The van der Waals surface area contributed by atoms with Gasteiger partial charge < -0.3 is 0 Å². The molecule has 0 fully saturated rings. The molecule has 0 aliphatic carbocycles. The zero-order chi connectivity index (χ0) is 15.0. The lowest BCUT2D eigenvalue weighted by Crippen LogP contribution is -2.03. The van der Waals surface area contributed by atoms with Crippen LogP contribution in [0.4, 0.5) is 0 Å². The molecule has 0 amide bonds. The number of benzene rings is 1. The third kappa shape index (κ3) is 2.54. The molecule has 6 heteroatoms. The summed E-state index contributed by atoms with van der Waals surface area (Å²) >= 11 is 12.1. The van der Waals surface area contributed by atoms with E-state index in [0.717, 1.165) is 34.7 Å². The summed E-state index contributed by atoms with van der Waals surface area (Å²) in [6.07, 6.45) is 3.57. The van der Waals surface area contributed by atoms with E-state index in [1.807, 2.05) is 36.1 Å². The van der Waals surface area contributed by atoms with Gasteiger partial charge in [-0.2, -0.15) is 5.10 Å². The molecule has 3 rings (SSSR count). The highest BCUT2D eigenvalue weighted by Crippen LogP contribution is 2.26. The monoisotopic (exact) mass is 322 g/mol. The van der Waals surface area contributed by atoms with Gasteiger partial charge in [0, 0.05) is 30.6 Å². The maximum atomic E-state index is 6.16. The maximum Gasteiger partial charge on any atom is 0.115 e. The second-order valence-corrected chi connectivity index (χ2v) is 5.74. The molecule has 2 heterocycles. The third-order valence-electron chi connectivity index (χ3n) is 3.46. The Morgan fingerprint density at radius 2 is 2.10 bits per heavy atom. The predicted octanol–water partition coefficient (Wildman–Crippen LogP) is 3.76. The number of hydrogen-bond donors (Lipinski definition) is 0. The van der Waals surface area contributed by atoms with Gasteiger partial charge in [0.1, 0.15) is 5.82 Å². The molecule has 4 nitrogen and oxygen atoms in total. The molecule has 0 saturated carbocycles. The van der Waals surface area contributed by atoms with Gasteiger partial charge in [-0.25, -0.2) is 4.98 Å². The lowest BCUT2D eigenvalue weighted by molar-refractivity contribution is 0.746. The van der Waals surface area contributed by atoms with E-state index in [9.17, 15) is 0 Å². The Kier molecular flexibility index (Phi) is 3.91. The van der Waals surface area contributed by atoms with Crippen LogP contribution in [0.5, 0.6) is 0 Å². The Morgan fingerprint density at radius 3 is 2.81 bits per heavy atom. The molecule has 3 aromatic rings. The molecule has 0 bridgehead atoms. The van der Waals surface area contributed by atoms with Gasteiger partial charge in [-0.05, 0) is 24.6 Å². The Morgan fingerprint density at radius 1 is 1.29 bits per heavy atom. The summed E-state index contributed by atoms with van der Waals surface area (Å²) in [4.78, 5) is 4.69. The largest absolute Gasteiger partial charge is 0.293 e. The van der Waals surface area contributed by atoms with Crippen LogP contribution in [0.15, 0.2) is 24.4 Å². The van der Waals surface area contributed by atoms with Crippen molar-refractivity contribution >= 4 is 34.2 Å². The average Bonchev–Trinajstić information content (AvgIpc) is 2.98. The Bertz CT molecular complexity index is 788. The van der Waals surface area contributed by atoms with Crippen molar-refractivity contribution in [2.75, 3.05) is 5.88 Å². The van der Waals surface area contributed by atoms with Crippen LogP contribution in [0, 0.1) is 0 Å². The van der Waals surface area contributed by atoms with E-state index >= 15 is 0 Å². The number of nitrogens with zero attached hydrogens (tertiary/aromatic N) is 4. The molecule has 0 atom stereocenters. The first-order valence-corrected chi connectivity index (χ1v) is 7.81. The van der Waals surface area contributed by atoms with Gasteiger partial charge in [-0.15, -0.1) is 11.6 Å². The van der Waals surface area contributed by atoms with E-state index in [2.05, 4.69) is 21.6 Å². The molecule has 0 N–H and O–H groups in total. The molecular formula is C15H16Cl2N4. The minimum absolute atomic E-state index is 0.527. The van der Waals surface area contributed by atoms with Crippen molar-refractivity contribution in [1.82, 2.24) is 19.3 Å². The van der Waals surface area contributed by atoms with Crippen LogP contribution in [0.25, 0.3) is 16.7 Å². The zero-order valence-corrected chi connectivity index (χ0v) is 13.5. The van der Waals surface area contributed by atoms with Crippen molar-refractivity contribution in [2.45, 2.75) is 19.8 Å². The fourth-order valence-electron chi connectivity index (χ4n) is 2.58. The Labute approximate surface area is 133 Å². The van der Waals surface area contributed by atoms with Crippen LogP contribution >= 0.6 is 23.2 Å². The molecule has 0 spiro atoms. The van der Waals surface area contributed by atoms with Gasteiger partial charge in [-0.1, -0.05) is 18.5 Å².